The molecule has 0 aliphatic heterocycles. The second kappa shape index (κ2) is 5.88. The first kappa shape index (κ1) is 12.9. The van der Waals surface area contributed by atoms with Crippen molar-refractivity contribution < 1.29 is 8.78 Å². The summed E-state index contributed by atoms with van der Waals surface area (Å²) in [6.07, 6.45) is 3.31. The van der Waals surface area contributed by atoms with Gasteiger partial charge < -0.3 is 5.73 Å². The summed E-state index contributed by atoms with van der Waals surface area (Å²) in [6, 6.07) is 4.20. The normalized spacial score (nSPS) is 10.6. The molecule has 0 unspecified atom stereocenters. The van der Waals surface area contributed by atoms with E-state index in [1.54, 1.807) is 6.07 Å². The van der Waals surface area contributed by atoms with Crippen LogP contribution in [0.2, 0.25) is 0 Å². The summed E-state index contributed by atoms with van der Waals surface area (Å²) < 4.78 is 27.5. The van der Waals surface area contributed by atoms with Crippen molar-refractivity contribution >= 4 is 11.8 Å². The van der Waals surface area contributed by atoms with Crippen molar-refractivity contribution in [3.8, 4) is 0 Å². The van der Waals surface area contributed by atoms with Crippen molar-refractivity contribution in [1.82, 2.24) is 9.97 Å². The summed E-state index contributed by atoms with van der Waals surface area (Å²) in [7, 11) is 0. The molecule has 3 nitrogen and oxygen atoms in total. The number of hydrogen-bond acceptors (Lipinski definition) is 4. The number of benzene rings is 1. The van der Waals surface area contributed by atoms with E-state index in [0.29, 0.717) is 23.6 Å². The molecular weight excluding hydrogens is 256 g/mol. The molecule has 0 saturated carbocycles. The quantitative estimate of drug-likeness (QED) is 0.864. The summed E-state index contributed by atoms with van der Waals surface area (Å²) in [6.45, 7) is 0.358. The fraction of sp³-hybridized carbons (Fsp3) is 0.167. The molecule has 1 heterocycles. The Labute approximate surface area is 107 Å². The largest absolute Gasteiger partial charge is 0.330 e. The standard InChI is InChI=1S/C12H11F2N3S/c13-9-5-8(1-3-15)6-10(14)12(9)18-11-2-4-16-7-17-11/h2,4-7H,1,3,15H2. The highest BCUT2D eigenvalue weighted by atomic mass is 32.2. The van der Waals surface area contributed by atoms with Gasteiger partial charge in [-0.25, -0.2) is 18.7 Å². The number of nitrogens with two attached hydrogens (primary N) is 1. The summed E-state index contributed by atoms with van der Waals surface area (Å²) in [5.74, 6) is -1.19. The van der Waals surface area contributed by atoms with E-state index >= 15 is 0 Å². The van der Waals surface area contributed by atoms with Crippen LogP contribution >= 0.6 is 11.8 Å². The van der Waals surface area contributed by atoms with Gasteiger partial charge in [-0.3, -0.25) is 0 Å². The minimum Gasteiger partial charge on any atom is -0.330 e. The van der Waals surface area contributed by atoms with E-state index in [9.17, 15) is 8.78 Å². The van der Waals surface area contributed by atoms with Crippen LogP contribution in [-0.2, 0) is 6.42 Å². The van der Waals surface area contributed by atoms with Crippen LogP contribution in [0.4, 0.5) is 8.78 Å². The SMILES string of the molecule is NCCc1cc(F)c(Sc2ccncn2)c(F)c1. The topological polar surface area (TPSA) is 51.8 Å². The van der Waals surface area contributed by atoms with Crippen LogP contribution in [0.3, 0.4) is 0 Å². The molecule has 18 heavy (non-hydrogen) atoms. The Morgan fingerprint density at radius 1 is 1.22 bits per heavy atom. The molecule has 0 aliphatic carbocycles. The number of aromatic nitrogens is 2. The van der Waals surface area contributed by atoms with Gasteiger partial charge in [0.2, 0.25) is 0 Å². The van der Waals surface area contributed by atoms with Crippen LogP contribution in [-0.4, -0.2) is 16.5 Å². The predicted molar refractivity (Wildman–Crippen MR) is 65.3 cm³/mol. The van der Waals surface area contributed by atoms with E-state index in [2.05, 4.69) is 9.97 Å². The minimum atomic E-state index is -0.595. The van der Waals surface area contributed by atoms with E-state index in [-0.39, 0.29) is 4.90 Å². The maximum atomic E-state index is 13.8. The van der Waals surface area contributed by atoms with E-state index in [0.717, 1.165) is 11.8 Å². The molecule has 0 aliphatic rings. The highest BCUT2D eigenvalue weighted by molar-refractivity contribution is 7.99. The first-order valence-corrected chi connectivity index (χ1v) is 6.14. The molecule has 94 valence electrons. The average Bonchev–Trinajstić information content (AvgIpc) is 2.36. The van der Waals surface area contributed by atoms with Gasteiger partial charge in [-0.1, -0.05) is 11.8 Å². The zero-order valence-corrected chi connectivity index (χ0v) is 10.3. The summed E-state index contributed by atoms with van der Waals surface area (Å²) in [5.41, 5.74) is 5.91. The highest BCUT2D eigenvalue weighted by Gasteiger charge is 2.13. The molecule has 0 radical (unpaired) electrons. The number of halogens is 2. The van der Waals surface area contributed by atoms with Gasteiger partial charge in [-0.05, 0) is 36.7 Å². The zero-order chi connectivity index (χ0) is 13.0. The Kier molecular flexibility index (Phi) is 4.22. The summed E-state index contributed by atoms with van der Waals surface area (Å²) >= 11 is 0.935. The van der Waals surface area contributed by atoms with E-state index in [1.807, 2.05) is 0 Å². The molecule has 0 amide bonds. The molecule has 0 saturated heterocycles. The molecule has 2 N–H and O–H groups in total. The highest BCUT2D eigenvalue weighted by Crippen LogP contribution is 2.31. The monoisotopic (exact) mass is 267 g/mol. The molecule has 0 bridgehead atoms. The molecule has 0 fully saturated rings. The molecule has 1 aromatic heterocycles. The zero-order valence-electron chi connectivity index (χ0n) is 9.44. The third kappa shape index (κ3) is 3.02. The van der Waals surface area contributed by atoms with Crippen LogP contribution in [0.25, 0.3) is 0 Å². The van der Waals surface area contributed by atoms with Crippen molar-refractivity contribution in [3.63, 3.8) is 0 Å². The van der Waals surface area contributed by atoms with Crippen LogP contribution < -0.4 is 5.73 Å². The smallest absolute Gasteiger partial charge is 0.140 e. The lowest BCUT2D eigenvalue weighted by molar-refractivity contribution is 0.537. The van der Waals surface area contributed by atoms with E-state index in [1.165, 1.54) is 24.7 Å². The second-order valence-corrected chi connectivity index (χ2v) is 4.61. The first-order chi connectivity index (χ1) is 8.70. The second-order valence-electron chi connectivity index (χ2n) is 3.58. The van der Waals surface area contributed by atoms with Gasteiger partial charge in [0.15, 0.2) is 0 Å². The van der Waals surface area contributed by atoms with E-state index in [4.69, 9.17) is 5.73 Å². The molecular formula is C12H11F2N3S. The Morgan fingerprint density at radius 3 is 2.50 bits per heavy atom. The van der Waals surface area contributed by atoms with Gasteiger partial charge >= 0.3 is 0 Å². The van der Waals surface area contributed by atoms with Crippen molar-refractivity contribution in [2.75, 3.05) is 6.54 Å². The van der Waals surface area contributed by atoms with Crippen LogP contribution in [0.15, 0.2) is 40.6 Å². The maximum absolute atomic E-state index is 13.8. The van der Waals surface area contributed by atoms with Gasteiger partial charge in [-0.2, -0.15) is 0 Å². The minimum absolute atomic E-state index is 0.0607. The third-order valence-corrected chi connectivity index (χ3v) is 3.30. The van der Waals surface area contributed by atoms with E-state index < -0.39 is 11.6 Å². The Hall–Kier alpha value is -1.53. The van der Waals surface area contributed by atoms with Crippen molar-refractivity contribution in [2.24, 2.45) is 5.73 Å². The number of hydrogen-bond donors (Lipinski definition) is 1. The fourth-order valence-electron chi connectivity index (χ4n) is 1.46. The fourth-order valence-corrected chi connectivity index (χ4v) is 2.22. The molecule has 6 heteroatoms. The van der Waals surface area contributed by atoms with Gasteiger partial charge in [0.05, 0.1) is 4.90 Å². The Morgan fingerprint density at radius 2 is 1.94 bits per heavy atom. The Bertz CT molecular complexity index is 511. The van der Waals surface area contributed by atoms with Crippen molar-refractivity contribution in [3.05, 3.63) is 47.9 Å². The predicted octanol–water partition coefficient (Wildman–Crippen LogP) is 2.41. The molecule has 1 aromatic carbocycles. The van der Waals surface area contributed by atoms with Crippen molar-refractivity contribution in [2.45, 2.75) is 16.3 Å². The molecule has 2 aromatic rings. The molecule has 0 atom stereocenters. The third-order valence-electron chi connectivity index (χ3n) is 2.25. The first-order valence-electron chi connectivity index (χ1n) is 5.32. The summed E-state index contributed by atoms with van der Waals surface area (Å²) in [5, 5.41) is 0.495. The van der Waals surface area contributed by atoms with Crippen LogP contribution in [0, 0.1) is 11.6 Å². The van der Waals surface area contributed by atoms with Gasteiger partial charge in [0, 0.05) is 6.20 Å². The van der Waals surface area contributed by atoms with Gasteiger partial charge in [0.25, 0.3) is 0 Å². The number of nitrogens with zero attached hydrogens (tertiary/aromatic N) is 2. The lowest BCUT2D eigenvalue weighted by Gasteiger charge is -2.06. The van der Waals surface area contributed by atoms with Gasteiger partial charge in [-0.15, -0.1) is 0 Å². The van der Waals surface area contributed by atoms with Gasteiger partial charge in [0.1, 0.15) is 23.0 Å². The lowest BCUT2D eigenvalue weighted by atomic mass is 10.1. The van der Waals surface area contributed by atoms with Crippen LogP contribution in [0.1, 0.15) is 5.56 Å². The molecule has 0 spiro atoms. The maximum Gasteiger partial charge on any atom is 0.140 e. The summed E-state index contributed by atoms with van der Waals surface area (Å²) in [4.78, 5) is 7.60. The number of rotatable bonds is 4. The van der Waals surface area contributed by atoms with Crippen molar-refractivity contribution in [1.29, 1.82) is 0 Å². The Balaban J connectivity index is 2.28. The molecule has 2 rings (SSSR count). The lowest BCUT2D eigenvalue weighted by Crippen LogP contribution is -2.04. The average molecular weight is 267 g/mol. The van der Waals surface area contributed by atoms with Crippen LogP contribution in [0.5, 0.6) is 0 Å².